The minimum Gasteiger partial charge on any atom is -0.394 e. The van der Waals surface area contributed by atoms with Gasteiger partial charge in [0.05, 0.1) is 39.4 Å². The summed E-state index contributed by atoms with van der Waals surface area (Å²) in [6, 6.07) is -1.05. The van der Waals surface area contributed by atoms with E-state index in [0.717, 1.165) is 0 Å². The van der Waals surface area contributed by atoms with E-state index in [0.29, 0.717) is 12.8 Å². The van der Waals surface area contributed by atoms with Crippen LogP contribution in [0.1, 0.15) is 39.3 Å². The molecule has 24 nitrogen and oxygen atoms in total. The van der Waals surface area contributed by atoms with Gasteiger partial charge in [-0.25, -0.2) is 19.5 Å². The number of aliphatic hydroxyl groups excluding tert-OH is 3. The van der Waals surface area contributed by atoms with Crippen molar-refractivity contribution in [3.63, 3.8) is 0 Å². The van der Waals surface area contributed by atoms with Crippen LogP contribution in [-0.4, -0.2) is 162 Å². The Kier molecular flexibility index (Phi) is 16.8. The fraction of sp³-hybridized carbons (Fsp3) is 0.759. The van der Waals surface area contributed by atoms with Gasteiger partial charge in [0.1, 0.15) is 60.4 Å². The molecular formula is C29H49N7O17P2. The second-order valence-electron chi connectivity index (χ2n) is 12.8. The van der Waals surface area contributed by atoms with Crippen molar-refractivity contribution in [1.82, 2.24) is 30.2 Å². The third-order valence-corrected chi connectivity index (χ3v) is 11.0. The summed E-state index contributed by atoms with van der Waals surface area (Å²) in [4.78, 5) is 65.0. The number of hydrogen-bond donors (Lipinski definition) is 9. The smallest absolute Gasteiger partial charge is 0.394 e. The number of imidazole rings is 1. The molecule has 2 amide bonds. The van der Waals surface area contributed by atoms with Gasteiger partial charge >= 0.3 is 7.82 Å². The van der Waals surface area contributed by atoms with Gasteiger partial charge in [0, 0.05) is 26.5 Å². The maximum atomic E-state index is 12.8. The van der Waals surface area contributed by atoms with Crippen LogP contribution >= 0.6 is 15.9 Å². The van der Waals surface area contributed by atoms with Crippen LogP contribution in [0, 0.1) is 0 Å². The molecule has 4 rings (SSSR count). The molecule has 2 unspecified atom stereocenters. The molecule has 2 aromatic rings. The van der Waals surface area contributed by atoms with Crippen molar-refractivity contribution in [2.45, 2.75) is 87.3 Å². The molecule has 312 valence electrons. The molecule has 4 heterocycles. The lowest BCUT2D eigenvalue weighted by Gasteiger charge is -2.42. The molecule has 55 heavy (non-hydrogen) atoms. The highest BCUT2D eigenvalue weighted by Crippen LogP contribution is 2.54. The summed E-state index contributed by atoms with van der Waals surface area (Å²) >= 11 is 0. The highest BCUT2D eigenvalue weighted by atomic mass is 31.2. The first-order chi connectivity index (χ1) is 26.1. The Hall–Kier alpha value is -2.77. The molecule has 0 aromatic carbocycles. The highest BCUT2D eigenvalue weighted by Gasteiger charge is 2.59. The average molecular weight is 830 g/mol. The van der Waals surface area contributed by atoms with E-state index in [2.05, 4.69) is 30.1 Å². The van der Waals surface area contributed by atoms with Gasteiger partial charge in [-0.15, -0.1) is 0 Å². The molecule has 2 saturated heterocycles. The molecule has 26 heteroatoms. The van der Waals surface area contributed by atoms with Gasteiger partial charge < -0.3 is 74.8 Å². The largest absolute Gasteiger partial charge is 0.469 e. The number of anilines is 1. The first kappa shape index (κ1) is 44.9. The molecule has 2 fully saturated rings. The number of nitrogens with zero attached hydrogens (tertiary/aromatic N) is 4. The normalized spacial score (nSPS) is 29.0. The van der Waals surface area contributed by atoms with Gasteiger partial charge in [0.25, 0.3) is 0 Å². The number of phosphoric acid groups is 1. The number of aromatic nitrogens is 4. The first-order valence-electron chi connectivity index (χ1n) is 17.1. The summed E-state index contributed by atoms with van der Waals surface area (Å²) in [6.45, 7) is 1.51. The zero-order chi connectivity index (χ0) is 40.3. The van der Waals surface area contributed by atoms with Crippen LogP contribution < -0.4 is 16.4 Å². The van der Waals surface area contributed by atoms with Crippen LogP contribution in [0.25, 0.3) is 11.2 Å². The number of fused-ring (bicyclic) bond motifs is 1. The van der Waals surface area contributed by atoms with Crippen molar-refractivity contribution in [2.24, 2.45) is 0 Å². The molecule has 0 saturated carbocycles. The number of nitrogen functional groups attached to an aromatic ring is 1. The Balaban J connectivity index is 1.16. The van der Waals surface area contributed by atoms with E-state index in [-0.39, 0.29) is 62.3 Å². The highest BCUT2D eigenvalue weighted by molar-refractivity contribution is 7.46. The van der Waals surface area contributed by atoms with Gasteiger partial charge in [-0.2, -0.15) is 0 Å². The van der Waals surface area contributed by atoms with Crippen molar-refractivity contribution in [3.05, 3.63) is 12.7 Å². The first-order valence-corrected chi connectivity index (χ1v) is 20.0. The van der Waals surface area contributed by atoms with Crippen LogP contribution in [0.2, 0.25) is 0 Å². The third kappa shape index (κ3) is 11.9. The number of nitrogens with one attached hydrogen (secondary N) is 2. The Morgan fingerprint density at radius 3 is 2.51 bits per heavy atom. The number of ether oxygens (including phenoxy) is 6. The lowest BCUT2D eigenvalue weighted by molar-refractivity contribution is -0.270. The second kappa shape index (κ2) is 20.6. The van der Waals surface area contributed by atoms with E-state index in [4.69, 9.17) is 34.2 Å². The van der Waals surface area contributed by atoms with E-state index in [9.17, 15) is 48.7 Å². The van der Waals surface area contributed by atoms with Crippen molar-refractivity contribution >= 4 is 44.6 Å². The number of carbonyl (C=O) groups excluding carboxylic acids is 2. The number of unbranched alkanes of at least 4 members (excludes halogenated alkanes) is 1. The fourth-order valence-electron chi connectivity index (χ4n) is 5.97. The molecule has 10 N–H and O–H groups in total. The van der Waals surface area contributed by atoms with Crippen LogP contribution in [0.4, 0.5) is 5.82 Å². The Morgan fingerprint density at radius 2 is 1.82 bits per heavy atom. The predicted molar refractivity (Wildman–Crippen MR) is 186 cm³/mol. The molecule has 0 radical (unpaired) electrons. The van der Waals surface area contributed by atoms with Crippen molar-refractivity contribution in [3.8, 4) is 0 Å². The number of amides is 2. The quantitative estimate of drug-likeness (QED) is 0.0330. The topological polar surface area (TPSA) is 348 Å². The molecular weight excluding hydrogens is 780 g/mol. The van der Waals surface area contributed by atoms with Crippen LogP contribution in [-0.2, 0) is 51.7 Å². The van der Waals surface area contributed by atoms with Crippen LogP contribution in [0.3, 0.4) is 0 Å². The summed E-state index contributed by atoms with van der Waals surface area (Å²) < 4.78 is 64.3. The number of nitrogens with two attached hydrogens (primary N) is 1. The minimum atomic E-state index is -4.97. The lowest BCUT2D eigenvalue weighted by Crippen LogP contribution is -2.64. The van der Waals surface area contributed by atoms with E-state index >= 15 is 0 Å². The molecule has 2 aliphatic rings. The zero-order valence-electron chi connectivity index (χ0n) is 30.0. The standard InChI is InChI=1S/C29H49N7O17P2/c1-16(38)35-20-23(41)22(40)17(11-37)52-28(20)49-7-4-3-5-19(39)31-6-8-47-9-10-48-15-50-24-27(36-14-34-21-25(30)32-13-33-26(21)36)53-18(12-51-55(44,45)46)29(24,2)54(42)43/h13-14,17-18,20,22-24,27-28,37,40-41,54H,3-12,15H2,1-2H3,(H,31,39)(H,35,38)(H,42,43)(H2,30,32,33)(H2,44,45,46)/t17-,18-,20?,22+,23-,24+,27-,28-,29+/m1/s1. The van der Waals surface area contributed by atoms with Gasteiger partial charge in [-0.3, -0.25) is 23.2 Å². The lowest BCUT2D eigenvalue weighted by atomic mass is 9.97. The van der Waals surface area contributed by atoms with Gasteiger partial charge in [0.2, 0.25) is 11.8 Å². The number of carbonyl (C=O) groups is 2. The predicted octanol–water partition coefficient (Wildman–Crippen LogP) is -2.74. The van der Waals surface area contributed by atoms with E-state index < -0.39 is 96.0 Å². The number of aliphatic hydroxyl groups is 3. The van der Waals surface area contributed by atoms with Gasteiger partial charge in [-0.05, 0) is 19.8 Å². The number of phosphoric ester groups is 1. The zero-order valence-corrected chi connectivity index (χ0v) is 31.9. The average Bonchev–Trinajstić information content (AvgIpc) is 3.68. The molecule has 2 aromatic heterocycles. The molecule has 0 bridgehead atoms. The van der Waals surface area contributed by atoms with E-state index in [1.807, 2.05) is 0 Å². The van der Waals surface area contributed by atoms with Gasteiger partial charge in [-0.1, -0.05) is 0 Å². The molecule has 0 aliphatic carbocycles. The van der Waals surface area contributed by atoms with Crippen molar-refractivity contribution in [1.29, 1.82) is 0 Å². The molecule has 2 aliphatic heterocycles. The summed E-state index contributed by atoms with van der Waals surface area (Å²) in [5.74, 6) is -0.637. The Bertz CT molecular complexity index is 1640. The third-order valence-electron chi connectivity index (χ3n) is 8.94. The maximum absolute atomic E-state index is 12.8. The summed E-state index contributed by atoms with van der Waals surface area (Å²) in [5, 5.41) is 33.3. The summed E-state index contributed by atoms with van der Waals surface area (Å²) in [7, 11) is -8.50. The summed E-state index contributed by atoms with van der Waals surface area (Å²) in [6.07, 6.45) is -5.22. The van der Waals surface area contributed by atoms with Crippen molar-refractivity contribution < 1.29 is 81.7 Å². The SMILES string of the molecule is CC(=O)NC1[C@H](OCCCCC(=O)NCCOCCOCO[C@H]2[C@H](n3cnc4c(N)ncnc43)O[C@H](COP(=O)(O)O)[C@]2(C)[PH](=O)O)O[C@H](CO)[C@H](O)[C@@H]1O. The maximum Gasteiger partial charge on any atom is 0.469 e. The molecule has 10 atom stereocenters. The monoisotopic (exact) mass is 829 g/mol. The van der Waals surface area contributed by atoms with E-state index in [1.165, 1.54) is 31.1 Å². The van der Waals surface area contributed by atoms with Crippen LogP contribution in [0.5, 0.6) is 0 Å². The minimum absolute atomic E-state index is 0.0300. The van der Waals surface area contributed by atoms with Crippen LogP contribution in [0.15, 0.2) is 12.7 Å². The number of rotatable bonds is 22. The second-order valence-corrected chi connectivity index (χ2v) is 15.7. The summed E-state index contributed by atoms with van der Waals surface area (Å²) in [5.41, 5.74) is 6.33. The fourth-order valence-corrected chi connectivity index (χ4v) is 7.20. The van der Waals surface area contributed by atoms with Gasteiger partial charge in [0.15, 0.2) is 32.0 Å². The Morgan fingerprint density at radius 1 is 1.07 bits per heavy atom. The Labute approximate surface area is 315 Å². The van der Waals surface area contributed by atoms with Crippen molar-refractivity contribution in [2.75, 3.05) is 58.7 Å². The van der Waals surface area contributed by atoms with E-state index in [1.54, 1.807) is 0 Å². The number of hydrogen-bond acceptors (Lipinski definition) is 18. The molecule has 0 spiro atoms.